The lowest BCUT2D eigenvalue weighted by Gasteiger charge is -2.08. The second kappa shape index (κ2) is 6.09. The van der Waals surface area contributed by atoms with Gasteiger partial charge in [0, 0.05) is 12.6 Å². The van der Waals surface area contributed by atoms with Gasteiger partial charge in [0.25, 0.3) is 11.8 Å². The van der Waals surface area contributed by atoms with Crippen LogP contribution in [0.2, 0.25) is 0 Å². The molecule has 1 atom stereocenters. The molecule has 16 heavy (non-hydrogen) atoms. The molecule has 0 aliphatic heterocycles. The van der Waals surface area contributed by atoms with Gasteiger partial charge in [0.2, 0.25) is 0 Å². The molecule has 0 aliphatic carbocycles. The lowest BCUT2D eigenvalue weighted by atomic mass is 10.4. The first-order valence-corrected chi connectivity index (χ1v) is 4.73. The lowest BCUT2D eigenvalue weighted by molar-refractivity contribution is -0.123. The molecular formula is C9H14N2O5. The fraction of sp³-hybridized carbons (Fsp3) is 0.556. The van der Waals surface area contributed by atoms with Crippen molar-refractivity contribution in [2.75, 3.05) is 19.8 Å². The molecule has 0 spiro atoms. The molecule has 0 bridgehead atoms. The van der Waals surface area contributed by atoms with E-state index >= 15 is 0 Å². The zero-order valence-corrected chi connectivity index (χ0v) is 8.84. The van der Waals surface area contributed by atoms with E-state index in [1.807, 2.05) is 0 Å². The number of ether oxygens (including phenoxy) is 1. The third kappa shape index (κ3) is 4.28. The van der Waals surface area contributed by atoms with Crippen LogP contribution in [-0.2, 0) is 4.79 Å². The Labute approximate surface area is 92.0 Å². The monoisotopic (exact) mass is 230 g/mol. The van der Waals surface area contributed by atoms with E-state index in [0.717, 1.165) is 0 Å². The summed E-state index contributed by atoms with van der Waals surface area (Å²) in [7, 11) is 0. The summed E-state index contributed by atoms with van der Waals surface area (Å²) in [5.41, 5.74) is 0. The van der Waals surface area contributed by atoms with Crippen LogP contribution in [0.25, 0.3) is 0 Å². The molecule has 1 aromatic rings. The highest BCUT2D eigenvalue weighted by atomic mass is 16.5. The predicted octanol–water partition coefficient (Wildman–Crippen LogP) is -1.17. The highest BCUT2D eigenvalue weighted by Gasteiger charge is 2.08. The van der Waals surface area contributed by atoms with Gasteiger partial charge in [-0.15, -0.1) is 0 Å². The molecule has 7 nitrogen and oxygen atoms in total. The van der Waals surface area contributed by atoms with Gasteiger partial charge in [-0.2, -0.15) is 0 Å². The van der Waals surface area contributed by atoms with Crippen molar-refractivity contribution in [2.45, 2.75) is 13.0 Å². The van der Waals surface area contributed by atoms with Crippen LogP contribution in [-0.4, -0.2) is 47.1 Å². The Morgan fingerprint density at radius 3 is 3.06 bits per heavy atom. The van der Waals surface area contributed by atoms with Crippen LogP contribution in [0.4, 0.5) is 0 Å². The number of amides is 1. The average Bonchev–Trinajstić information content (AvgIpc) is 2.69. The Balaban J connectivity index is 2.20. The number of aromatic nitrogens is 1. The molecule has 0 saturated heterocycles. The van der Waals surface area contributed by atoms with Gasteiger partial charge in [0.15, 0.2) is 6.61 Å². The average molecular weight is 230 g/mol. The van der Waals surface area contributed by atoms with Crippen LogP contribution in [0.3, 0.4) is 0 Å². The molecule has 1 rings (SSSR count). The largest absolute Gasteiger partial charge is 0.465 e. The number of hydrogen-bond acceptors (Lipinski definition) is 6. The van der Waals surface area contributed by atoms with E-state index in [1.54, 1.807) is 13.0 Å². The summed E-state index contributed by atoms with van der Waals surface area (Å²) in [5.74, 6) is 0.412. The summed E-state index contributed by atoms with van der Waals surface area (Å²) >= 11 is 0. The first-order chi connectivity index (χ1) is 7.61. The van der Waals surface area contributed by atoms with Gasteiger partial charge in [0.1, 0.15) is 5.76 Å². The van der Waals surface area contributed by atoms with Crippen molar-refractivity contribution in [3.05, 3.63) is 11.8 Å². The summed E-state index contributed by atoms with van der Waals surface area (Å²) in [6, 6.07) is 1.55. The van der Waals surface area contributed by atoms with Gasteiger partial charge in [0.05, 0.1) is 12.7 Å². The normalized spacial score (nSPS) is 12.2. The number of nitrogens with one attached hydrogen (secondary N) is 1. The zero-order valence-electron chi connectivity index (χ0n) is 8.84. The molecule has 1 amide bonds. The molecule has 1 aromatic heterocycles. The van der Waals surface area contributed by atoms with Crippen molar-refractivity contribution in [3.63, 3.8) is 0 Å². The molecule has 1 unspecified atom stereocenters. The van der Waals surface area contributed by atoms with Crippen LogP contribution in [0, 0.1) is 6.92 Å². The van der Waals surface area contributed by atoms with Crippen LogP contribution < -0.4 is 10.1 Å². The summed E-state index contributed by atoms with van der Waals surface area (Å²) < 4.78 is 9.73. The Morgan fingerprint density at radius 2 is 2.50 bits per heavy atom. The summed E-state index contributed by atoms with van der Waals surface area (Å²) in [5, 5.41) is 23.4. The number of aliphatic hydroxyl groups is 2. The highest BCUT2D eigenvalue weighted by molar-refractivity contribution is 5.77. The maximum Gasteiger partial charge on any atom is 0.258 e. The van der Waals surface area contributed by atoms with Gasteiger partial charge in [-0.1, -0.05) is 0 Å². The fourth-order valence-electron chi connectivity index (χ4n) is 0.898. The Morgan fingerprint density at radius 1 is 1.75 bits per heavy atom. The van der Waals surface area contributed by atoms with E-state index in [1.165, 1.54) is 0 Å². The molecule has 0 aliphatic rings. The lowest BCUT2D eigenvalue weighted by Crippen LogP contribution is -2.36. The Bertz CT molecular complexity index is 338. The van der Waals surface area contributed by atoms with Gasteiger partial charge in [-0.05, 0) is 12.1 Å². The predicted molar refractivity (Wildman–Crippen MR) is 52.8 cm³/mol. The van der Waals surface area contributed by atoms with Crippen LogP contribution in [0.1, 0.15) is 5.76 Å². The van der Waals surface area contributed by atoms with E-state index in [-0.39, 0.29) is 19.0 Å². The van der Waals surface area contributed by atoms with E-state index in [4.69, 9.17) is 19.5 Å². The number of rotatable bonds is 6. The van der Waals surface area contributed by atoms with Crippen molar-refractivity contribution in [1.82, 2.24) is 10.5 Å². The topological polar surface area (TPSA) is 105 Å². The smallest absolute Gasteiger partial charge is 0.258 e. The SMILES string of the molecule is Cc1cc(OCC(=O)NCC(O)CO)no1. The van der Waals surface area contributed by atoms with Crippen molar-refractivity contribution in [2.24, 2.45) is 0 Å². The second-order valence-corrected chi connectivity index (χ2v) is 3.20. The number of nitrogens with zero attached hydrogens (tertiary/aromatic N) is 1. The van der Waals surface area contributed by atoms with Crippen molar-refractivity contribution in [3.8, 4) is 5.88 Å². The maximum absolute atomic E-state index is 11.2. The molecule has 3 N–H and O–H groups in total. The van der Waals surface area contributed by atoms with Gasteiger partial charge in [-0.3, -0.25) is 4.79 Å². The fourth-order valence-corrected chi connectivity index (χ4v) is 0.898. The zero-order chi connectivity index (χ0) is 12.0. The van der Waals surface area contributed by atoms with Gasteiger partial charge in [-0.25, -0.2) is 0 Å². The Hall–Kier alpha value is -1.60. The molecule has 0 fully saturated rings. The minimum absolute atomic E-state index is 0.0173. The molecule has 0 aromatic carbocycles. The van der Waals surface area contributed by atoms with Crippen molar-refractivity contribution < 1.29 is 24.3 Å². The third-order valence-corrected chi connectivity index (χ3v) is 1.70. The Kier molecular flexibility index (Phi) is 4.74. The van der Waals surface area contributed by atoms with E-state index < -0.39 is 18.6 Å². The maximum atomic E-state index is 11.2. The summed E-state index contributed by atoms with van der Waals surface area (Å²) in [6.07, 6.45) is -0.960. The van der Waals surface area contributed by atoms with E-state index in [9.17, 15) is 4.79 Å². The molecule has 0 saturated carbocycles. The minimum Gasteiger partial charge on any atom is -0.465 e. The molecule has 7 heteroatoms. The van der Waals surface area contributed by atoms with Crippen LogP contribution >= 0.6 is 0 Å². The van der Waals surface area contributed by atoms with Crippen molar-refractivity contribution >= 4 is 5.91 Å². The van der Waals surface area contributed by atoms with E-state index in [0.29, 0.717) is 5.76 Å². The third-order valence-electron chi connectivity index (χ3n) is 1.70. The number of carbonyl (C=O) groups is 1. The molecule has 0 radical (unpaired) electrons. The first-order valence-electron chi connectivity index (χ1n) is 4.73. The molecule has 1 heterocycles. The number of aryl methyl sites for hydroxylation is 1. The second-order valence-electron chi connectivity index (χ2n) is 3.20. The number of carbonyl (C=O) groups excluding carboxylic acids is 1. The van der Waals surface area contributed by atoms with Crippen LogP contribution in [0.15, 0.2) is 10.6 Å². The van der Waals surface area contributed by atoms with Gasteiger partial charge >= 0.3 is 0 Å². The van der Waals surface area contributed by atoms with Crippen molar-refractivity contribution in [1.29, 1.82) is 0 Å². The summed E-state index contributed by atoms with van der Waals surface area (Å²) in [6.45, 7) is 1.07. The molecule has 90 valence electrons. The minimum atomic E-state index is -0.960. The van der Waals surface area contributed by atoms with Crippen LogP contribution in [0.5, 0.6) is 5.88 Å². The summed E-state index contributed by atoms with van der Waals surface area (Å²) in [4.78, 5) is 11.2. The standard InChI is InChI=1S/C9H14N2O5/c1-6-2-9(11-16-6)15-5-8(14)10-3-7(13)4-12/h2,7,12-13H,3-5H2,1H3,(H,10,14). The first kappa shape index (κ1) is 12.5. The quantitative estimate of drug-likeness (QED) is 0.569. The molecular weight excluding hydrogens is 216 g/mol. The number of aliphatic hydroxyl groups excluding tert-OH is 2. The number of hydrogen-bond donors (Lipinski definition) is 3. The van der Waals surface area contributed by atoms with Gasteiger partial charge < -0.3 is 24.8 Å². The van der Waals surface area contributed by atoms with E-state index in [2.05, 4.69) is 10.5 Å². The highest BCUT2D eigenvalue weighted by Crippen LogP contribution is 2.09.